The minimum atomic E-state index is 0.562. The van der Waals surface area contributed by atoms with Gasteiger partial charge in [-0.1, -0.05) is 11.6 Å². The van der Waals surface area contributed by atoms with Gasteiger partial charge in [-0.2, -0.15) is 0 Å². The Kier molecular flexibility index (Phi) is 3.03. The molecule has 1 atom stereocenters. The molecule has 0 spiro atoms. The third kappa shape index (κ3) is 2.43. The van der Waals surface area contributed by atoms with Gasteiger partial charge in [-0.05, 0) is 59.8 Å². The molecule has 0 amide bonds. The van der Waals surface area contributed by atoms with E-state index in [2.05, 4.69) is 34.2 Å². The Morgan fingerprint density at radius 2 is 2.21 bits per heavy atom. The lowest BCUT2D eigenvalue weighted by molar-refractivity contribution is 0.694. The van der Waals surface area contributed by atoms with Gasteiger partial charge in [0.25, 0.3) is 0 Å². The first-order valence-electron chi connectivity index (χ1n) is 4.88. The second-order valence-corrected chi connectivity index (χ2v) is 5.16. The maximum Gasteiger partial charge on any atom is 0.0568 e. The Morgan fingerprint density at radius 1 is 1.50 bits per heavy atom. The van der Waals surface area contributed by atoms with Crippen molar-refractivity contribution in [3.8, 4) is 0 Å². The van der Waals surface area contributed by atoms with Gasteiger partial charge in [-0.15, -0.1) is 0 Å². The van der Waals surface area contributed by atoms with Gasteiger partial charge in [0.05, 0.1) is 5.02 Å². The lowest BCUT2D eigenvalue weighted by atomic mass is 10.2. The summed E-state index contributed by atoms with van der Waals surface area (Å²) in [4.78, 5) is 0. The second-order valence-electron chi connectivity index (χ2n) is 3.90. The molecule has 1 aromatic rings. The molecule has 1 fully saturated rings. The Balaban J connectivity index is 2.04. The Bertz CT molecular complexity index is 336. The zero-order valence-electron chi connectivity index (χ0n) is 8.06. The largest absolute Gasteiger partial charge is 0.382 e. The fourth-order valence-corrected chi connectivity index (χ4v) is 1.99. The average molecular weight is 275 g/mol. The molecule has 3 heteroatoms. The van der Waals surface area contributed by atoms with Crippen LogP contribution >= 0.6 is 27.5 Å². The van der Waals surface area contributed by atoms with Crippen molar-refractivity contribution in [3.05, 3.63) is 27.7 Å². The molecule has 0 radical (unpaired) electrons. The molecule has 76 valence electrons. The molecule has 1 nitrogen and oxygen atoms in total. The highest BCUT2D eigenvalue weighted by Gasteiger charge is 2.27. The highest BCUT2D eigenvalue weighted by molar-refractivity contribution is 9.10. The summed E-state index contributed by atoms with van der Waals surface area (Å²) in [7, 11) is 0. The summed E-state index contributed by atoms with van der Waals surface area (Å²) in [6, 6.07) is 6.55. The van der Waals surface area contributed by atoms with E-state index in [1.807, 2.05) is 12.1 Å². The first kappa shape index (κ1) is 10.3. The lowest BCUT2D eigenvalue weighted by Gasteiger charge is -2.14. The van der Waals surface area contributed by atoms with Crippen LogP contribution in [0, 0.1) is 5.92 Å². The summed E-state index contributed by atoms with van der Waals surface area (Å²) >= 11 is 9.38. The maximum atomic E-state index is 6.01. The summed E-state index contributed by atoms with van der Waals surface area (Å²) in [5.41, 5.74) is 1.11. The van der Waals surface area contributed by atoms with Crippen LogP contribution in [-0.4, -0.2) is 6.04 Å². The minimum absolute atomic E-state index is 0.562. The number of hydrogen-bond donors (Lipinski definition) is 1. The highest BCUT2D eigenvalue weighted by atomic mass is 79.9. The van der Waals surface area contributed by atoms with Gasteiger partial charge >= 0.3 is 0 Å². The Morgan fingerprint density at radius 3 is 2.79 bits per heavy atom. The summed E-state index contributed by atoms with van der Waals surface area (Å²) in [5.74, 6) is 0.859. The molecule has 1 aromatic carbocycles. The number of hydrogen-bond acceptors (Lipinski definition) is 1. The molecule has 1 saturated carbocycles. The van der Waals surface area contributed by atoms with E-state index in [0.29, 0.717) is 6.04 Å². The van der Waals surface area contributed by atoms with Gasteiger partial charge in [0.1, 0.15) is 0 Å². The van der Waals surface area contributed by atoms with E-state index in [4.69, 9.17) is 11.6 Å². The third-order valence-corrected chi connectivity index (χ3v) is 3.88. The quantitative estimate of drug-likeness (QED) is 0.866. The highest BCUT2D eigenvalue weighted by Crippen LogP contribution is 2.34. The SMILES string of the molecule is CC(Nc1ccc(Br)c(Cl)c1)C1CC1. The van der Waals surface area contributed by atoms with Gasteiger partial charge < -0.3 is 5.32 Å². The predicted molar refractivity (Wildman–Crippen MR) is 65.0 cm³/mol. The van der Waals surface area contributed by atoms with Crippen molar-refractivity contribution in [1.29, 1.82) is 0 Å². The Hall–Kier alpha value is -0.210. The zero-order valence-corrected chi connectivity index (χ0v) is 10.4. The minimum Gasteiger partial charge on any atom is -0.382 e. The smallest absolute Gasteiger partial charge is 0.0568 e. The summed E-state index contributed by atoms with van der Waals surface area (Å²) < 4.78 is 0.948. The van der Waals surface area contributed by atoms with Gasteiger partial charge in [0.15, 0.2) is 0 Å². The van der Waals surface area contributed by atoms with E-state index in [9.17, 15) is 0 Å². The van der Waals surface area contributed by atoms with Crippen LogP contribution in [0.5, 0.6) is 0 Å². The molecule has 1 aliphatic carbocycles. The molecule has 14 heavy (non-hydrogen) atoms. The topological polar surface area (TPSA) is 12.0 Å². The van der Waals surface area contributed by atoms with E-state index >= 15 is 0 Å². The molecule has 0 saturated heterocycles. The van der Waals surface area contributed by atoms with E-state index < -0.39 is 0 Å². The van der Waals surface area contributed by atoms with Gasteiger partial charge in [0, 0.05) is 16.2 Å². The normalized spacial score (nSPS) is 17.9. The number of anilines is 1. The molecule has 1 N–H and O–H groups in total. The van der Waals surface area contributed by atoms with Crippen molar-refractivity contribution in [2.45, 2.75) is 25.8 Å². The fourth-order valence-electron chi connectivity index (χ4n) is 1.56. The molecular weight excluding hydrogens is 261 g/mol. The Labute approximate surface area is 98.0 Å². The van der Waals surface area contributed by atoms with Crippen molar-refractivity contribution >= 4 is 33.2 Å². The molecule has 0 aliphatic heterocycles. The van der Waals surface area contributed by atoms with Crippen molar-refractivity contribution < 1.29 is 0 Å². The van der Waals surface area contributed by atoms with Crippen LogP contribution in [0.15, 0.2) is 22.7 Å². The van der Waals surface area contributed by atoms with Crippen LogP contribution in [0.25, 0.3) is 0 Å². The van der Waals surface area contributed by atoms with Crippen LogP contribution in [0.1, 0.15) is 19.8 Å². The first-order valence-corrected chi connectivity index (χ1v) is 6.05. The number of rotatable bonds is 3. The van der Waals surface area contributed by atoms with E-state index in [1.54, 1.807) is 0 Å². The van der Waals surface area contributed by atoms with E-state index in [1.165, 1.54) is 12.8 Å². The van der Waals surface area contributed by atoms with Crippen LogP contribution < -0.4 is 5.32 Å². The standard InChI is InChI=1S/C11H13BrClN/c1-7(8-2-3-8)14-9-4-5-10(12)11(13)6-9/h4-8,14H,2-3H2,1H3. The molecule has 2 rings (SSSR count). The van der Waals surface area contributed by atoms with Crippen LogP contribution in [0.3, 0.4) is 0 Å². The van der Waals surface area contributed by atoms with Gasteiger partial charge in [-0.25, -0.2) is 0 Å². The zero-order chi connectivity index (χ0) is 10.1. The van der Waals surface area contributed by atoms with Gasteiger partial charge in [0.2, 0.25) is 0 Å². The summed E-state index contributed by atoms with van der Waals surface area (Å²) in [6.45, 7) is 2.23. The summed E-state index contributed by atoms with van der Waals surface area (Å²) in [5, 5.41) is 4.23. The van der Waals surface area contributed by atoms with Crippen molar-refractivity contribution in [1.82, 2.24) is 0 Å². The molecule has 1 aliphatic rings. The van der Waals surface area contributed by atoms with Crippen LogP contribution in [-0.2, 0) is 0 Å². The van der Waals surface area contributed by atoms with Crippen molar-refractivity contribution in [2.24, 2.45) is 5.92 Å². The number of benzene rings is 1. The van der Waals surface area contributed by atoms with Crippen LogP contribution in [0.2, 0.25) is 5.02 Å². The lowest BCUT2D eigenvalue weighted by Crippen LogP contribution is -2.16. The summed E-state index contributed by atoms with van der Waals surface area (Å²) in [6.07, 6.45) is 2.72. The van der Waals surface area contributed by atoms with Gasteiger partial charge in [-0.3, -0.25) is 0 Å². The first-order chi connectivity index (χ1) is 6.66. The number of nitrogens with one attached hydrogen (secondary N) is 1. The monoisotopic (exact) mass is 273 g/mol. The predicted octanol–water partition coefficient (Wildman–Crippen LogP) is 4.31. The van der Waals surface area contributed by atoms with Crippen molar-refractivity contribution in [3.63, 3.8) is 0 Å². The van der Waals surface area contributed by atoms with E-state index in [0.717, 1.165) is 21.1 Å². The molecule has 0 heterocycles. The van der Waals surface area contributed by atoms with Crippen molar-refractivity contribution in [2.75, 3.05) is 5.32 Å². The average Bonchev–Trinajstić information content (AvgIpc) is 2.94. The molecule has 1 unspecified atom stereocenters. The molecular formula is C11H13BrClN. The van der Waals surface area contributed by atoms with E-state index in [-0.39, 0.29) is 0 Å². The fraction of sp³-hybridized carbons (Fsp3) is 0.455. The maximum absolute atomic E-state index is 6.01. The van der Waals surface area contributed by atoms with Crippen LogP contribution in [0.4, 0.5) is 5.69 Å². The molecule has 0 bridgehead atoms. The molecule has 0 aromatic heterocycles. The third-order valence-electron chi connectivity index (χ3n) is 2.64. The number of halogens is 2. The second kappa shape index (κ2) is 4.11.